The zero-order valence-corrected chi connectivity index (χ0v) is 14.3. The molecule has 4 heteroatoms. The van der Waals surface area contributed by atoms with E-state index in [0.29, 0.717) is 0 Å². The van der Waals surface area contributed by atoms with Crippen molar-refractivity contribution >= 4 is 21.6 Å². The number of rotatable bonds is 4. The van der Waals surface area contributed by atoms with Crippen LogP contribution in [0.2, 0.25) is 0 Å². The maximum absolute atomic E-state index is 4.51. The van der Waals surface area contributed by atoms with Crippen LogP contribution in [0.3, 0.4) is 0 Å². The van der Waals surface area contributed by atoms with Crippen molar-refractivity contribution in [3.63, 3.8) is 0 Å². The zero-order valence-electron chi connectivity index (χ0n) is 12.7. The highest BCUT2D eigenvalue weighted by Crippen LogP contribution is 2.27. The van der Waals surface area contributed by atoms with Crippen LogP contribution in [0.1, 0.15) is 5.56 Å². The number of anilines is 1. The molecule has 0 unspecified atom stereocenters. The Hall–Kier alpha value is -2.07. The maximum atomic E-state index is 4.51. The number of hydrogen-bond donors (Lipinski definition) is 0. The second-order valence-electron chi connectivity index (χ2n) is 5.42. The van der Waals surface area contributed by atoms with Crippen LogP contribution < -0.4 is 4.90 Å². The lowest BCUT2D eigenvalue weighted by Gasteiger charge is -2.13. The summed E-state index contributed by atoms with van der Waals surface area (Å²) in [6.07, 6.45) is 3.87. The van der Waals surface area contributed by atoms with E-state index < -0.39 is 0 Å². The topological polar surface area (TPSA) is 21.1 Å². The first-order valence-electron chi connectivity index (χ1n) is 7.17. The molecule has 0 aliphatic carbocycles. The van der Waals surface area contributed by atoms with E-state index in [1.165, 1.54) is 11.3 Å². The van der Waals surface area contributed by atoms with Crippen molar-refractivity contribution in [2.24, 2.45) is 0 Å². The Bertz CT molecular complexity index is 760. The monoisotopic (exact) mass is 355 g/mol. The number of aromatic nitrogens is 2. The minimum Gasteiger partial charge on any atom is -0.378 e. The van der Waals surface area contributed by atoms with Crippen LogP contribution in [-0.2, 0) is 6.54 Å². The zero-order chi connectivity index (χ0) is 15.5. The van der Waals surface area contributed by atoms with E-state index in [1.807, 2.05) is 30.6 Å². The maximum Gasteiger partial charge on any atom is 0.141 e. The van der Waals surface area contributed by atoms with E-state index in [1.54, 1.807) is 0 Å². The molecule has 0 N–H and O–H groups in total. The normalized spacial score (nSPS) is 10.7. The Kier molecular flexibility index (Phi) is 4.29. The molecule has 0 aliphatic heterocycles. The molecular formula is C18H18BrN3. The molecule has 0 aliphatic rings. The molecule has 3 rings (SSSR count). The summed E-state index contributed by atoms with van der Waals surface area (Å²) in [4.78, 5) is 6.62. The summed E-state index contributed by atoms with van der Waals surface area (Å²) in [5.74, 6) is 0.976. The van der Waals surface area contributed by atoms with Crippen molar-refractivity contribution in [3.8, 4) is 11.4 Å². The summed E-state index contributed by atoms with van der Waals surface area (Å²) in [6.45, 7) is 0.810. The fourth-order valence-corrected chi connectivity index (χ4v) is 2.88. The van der Waals surface area contributed by atoms with Gasteiger partial charge >= 0.3 is 0 Å². The van der Waals surface area contributed by atoms with Crippen LogP contribution in [0.5, 0.6) is 0 Å². The molecular weight excluding hydrogens is 338 g/mol. The fourth-order valence-electron chi connectivity index (χ4n) is 2.42. The molecule has 0 radical (unpaired) electrons. The minimum atomic E-state index is 0.810. The van der Waals surface area contributed by atoms with E-state index in [0.717, 1.165) is 22.4 Å². The summed E-state index contributed by atoms with van der Waals surface area (Å²) >= 11 is 3.60. The highest BCUT2D eigenvalue weighted by atomic mass is 79.9. The first kappa shape index (κ1) is 14.9. The lowest BCUT2D eigenvalue weighted by Crippen LogP contribution is -2.08. The predicted molar refractivity (Wildman–Crippen MR) is 95.2 cm³/mol. The average molecular weight is 356 g/mol. The Balaban J connectivity index is 1.88. The van der Waals surface area contributed by atoms with Crippen LogP contribution in [0.15, 0.2) is 65.4 Å². The largest absolute Gasteiger partial charge is 0.378 e. The molecule has 0 fully saturated rings. The smallest absolute Gasteiger partial charge is 0.141 e. The lowest BCUT2D eigenvalue weighted by molar-refractivity contribution is 0.806. The Morgan fingerprint density at radius 3 is 2.45 bits per heavy atom. The van der Waals surface area contributed by atoms with Gasteiger partial charge in [-0.05, 0) is 23.8 Å². The van der Waals surface area contributed by atoms with E-state index in [2.05, 4.69) is 74.8 Å². The minimum absolute atomic E-state index is 0.810. The van der Waals surface area contributed by atoms with Crippen molar-refractivity contribution in [2.45, 2.75) is 6.54 Å². The van der Waals surface area contributed by atoms with Gasteiger partial charge in [0.2, 0.25) is 0 Å². The van der Waals surface area contributed by atoms with Crippen molar-refractivity contribution in [2.75, 3.05) is 19.0 Å². The Labute approximate surface area is 139 Å². The second-order valence-corrected chi connectivity index (χ2v) is 6.27. The third-order valence-electron chi connectivity index (χ3n) is 3.64. The molecule has 0 atom stereocenters. The van der Waals surface area contributed by atoms with Gasteiger partial charge in [0, 0.05) is 48.8 Å². The Morgan fingerprint density at radius 1 is 1.05 bits per heavy atom. The van der Waals surface area contributed by atoms with Gasteiger partial charge in [0.15, 0.2) is 0 Å². The van der Waals surface area contributed by atoms with Gasteiger partial charge in [-0.25, -0.2) is 4.98 Å². The van der Waals surface area contributed by atoms with Gasteiger partial charge in [0.25, 0.3) is 0 Å². The van der Waals surface area contributed by atoms with Crippen molar-refractivity contribution < 1.29 is 0 Å². The molecule has 112 valence electrons. The van der Waals surface area contributed by atoms with Gasteiger partial charge in [-0.3, -0.25) is 0 Å². The molecule has 22 heavy (non-hydrogen) atoms. The van der Waals surface area contributed by atoms with Crippen molar-refractivity contribution in [1.29, 1.82) is 0 Å². The van der Waals surface area contributed by atoms with Gasteiger partial charge in [-0.15, -0.1) is 0 Å². The number of hydrogen-bond acceptors (Lipinski definition) is 2. The Morgan fingerprint density at radius 2 is 1.77 bits per heavy atom. The summed E-state index contributed by atoms with van der Waals surface area (Å²) in [5, 5.41) is 0. The summed E-state index contributed by atoms with van der Waals surface area (Å²) in [5.41, 5.74) is 3.58. The molecule has 1 aromatic heterocycles. The lowest BCUT2D eigenvalue weighted by atomic mass is 10.2. The molecule has 3 nitrogen and oxygen atoms in total. The first-order chi connectivity index (χ1) is 10.6. The third-order valence-corrected chi connectivity index (χ3v) is 4.33. The molecule has 3 aromatic rings. The van der Waals surface area contributed by atoms with Gasteiger partial charge in [0.1, 0.15) is 5.82 Å². The third kappa shape index (κ3) is 3.07. The number of nitrogens with zero attached hydrogens (tertiary/aromatic N) is 3. The van der Waals surface area contributed by atoms with Gasteiger partial charge in [-0.2, -0.15) is 0 Å². The van der Waals surface area contributed by atoms with Crippen LogP contribution in [0.25, 0.3) is 11.4 Å². The number of benzene rings is 2. The predicted octanol–water partition coefficient (Wildman–Crippen LogP) is 4.43. The molecule has 0 bridgehead atoms. The van der Waals surface area contributed by atoms with Crippen LogP contribution in [0.4, 0.5) is 5.69 Å². The molecule has 0 spiro atoms. The second kappa shape index (κ2) is 6.36. The number of halogens is 1. The molecule has 2 aromatic carbocycles. The SMILES string of the molecule is CN(C)c1ccc(Cn2ccnc2-c2ccccc2Br)cc1. The number of imidazole rings is 1. The summed E-state index contributed by atoms with van der Waals surface area (Å²) < 4.78 is 3.23. The van der Waals surface area contributed by atoms with E-state index in [4.69, 9.17) is 0 Å². The van der Waals surface area contributed by atoms with Crippen LogP contribution in [-0.4, -0.2) is 23.6 Å². The fraction of sp³-hybridized carbons (Fsp3) is 0.167. The van der Waals surface area contributed by atoms with Gasteiger partial charge < -0.3 is 9.47 Å². The summed E-state index contributed by atoms with van der Waals surface area (Å²) in [7, 11) is 4.10. The van der Waals surface area contributed by atoms with Crippen molar-refractivity contribution in [3.05, 3.63) is 71.0 Å². The van der Waals surface area contributed by atoms with Crippen molar-refractivity contribution in [1.82, 2.24) is 9.55 Å². The first-order valence-corrected chi connectivity index (χ1v) is 7.97. The molecule has 0 saturated heterocycles. The summed E-state index contributed by atoms with van der Waals surface area (Å²) in [6, 6.07) is 16.8. The quantitative estimate of drug-likeness (QED) is 0.690. The van der Waals surface area contributed by atoms with E-state index >= 15 is 0 Å². The average Bonchev–Trinajstić information content (AvgIpc) is 2.96. The van der Waals surface area contributed by atoms with E-state index in [9.17, 15) is 0 Å². The molecule has 0 saturated carbocycles. The standard InChI is InChI=1S/C18H18BrN3/c1-21(2)15-9-7-14(8-10-15)13-22-12-11-20-18(22)16-5-3-4-6-17(16)19/h3-12H,13H2,1-2H3. The molecule has 1 heterocycles. The van der Waals surface area contributed by atoms with Gasteiger partial charge in [0.05, 0.1) is 0 Å². The highest BCUT2D eigenvalue weighted by molar-refractivity contribution is 9.10. The van der Waals surface area contributed by atoms with Crippen LogP contribution in [0, 0.1) is 0 Å². The van der Waals surface area contributed by atoms with E-state index in [-0.39, 0.29) is 0 Å². The van der Waals surface area contributed by atoms with Gasteiger partial charge in [-0.1, -0.05) is 46.3 Å². The van der Waals surface area contributed by atoms with Crippen LogP contribution >= 0.6 is 15.9 Å². The highest BCUT2D eigenvalue weighted by Gasteiger charge is 2.09. The molecule has 0 amide bonds.